The first-order chi connectivity index (χ1) is 10.6. The highest BCUT2D eigenvalue weighted by Gasteiger charge is 2.22. The summed E-state index contributed by atoms with van der Waals surface area (Å²) in [5, 5.41) is 3.96. The highest BCUT2D eigenvalue weighted by atomic mass is 79.9. The normalized spacial score (nSPS) is 18.0. The van der Waals surface area contributed by atoms with Crippen molar-refractivity contribution in [3.05, 3.63) is 75.4 Å². The lowest BCUT2D eigenvalue weighted by Crippen LogP contribution is -2.16. The van der Waals surface area contributed by atoms with Crippen molar-refractivity contribution in [1.82, 2.24) is 0 Å². The predicted molar refractivity (Wildman–Crippen MR) is 94.3 cm³/mol. The Morgan fingerprint density at radius 2 is 1.86 bits per heavy atom. The van der Waals surface area contributed by atoms with E-state index in [9.17, 15) is 4.79 Å². The van der Waals surface area contributed by atoms with E-state index in [2.05, 4.69) is 33.4 Å². The number of hydrogen-bond acceptors (Lipinski definition) is 2. The van der Waals surface area contributed by atoms with E-state index in [4.69, 9.17) is 11.6 Å². The molecular weight excluding hydrogens is 362 g/mol. The number of ketones is 1. The minimum Gasteiger partial charge on any atom is -0.359 e. The highest BCUT2D eigenvalue weighted by molar-refractivity contribution is 9.10. The van der Waals surface area contributed by atoms with Crippen LogP contribution in [0.1, 0.15) is 24.3 Å². The molecule has 1 aliphatic carbocycles. The van der Waals surface area contributed by atoms with Crippen molar-refractivity contribution in [2.24, 2.45) is 0 Å². The maximum Gasteiger partial charge on any atom is 0.158 e. The summed E-state index contributed by atoms with van der Waals surface area (Å²) in [5.41, 5.74) is 3.03. The van der Waals surface area contributed by atoms with Gasteiger partial charge in [-0.3, -0.25) is 4.79 Å². The van der Waals surface area contributed by atoms with Crippen molar-refractivity contribution in [2.45, 2.75) is 18.8 Å². The molecule has 0 aliphatic heterocycles. The Hall–Kier alpha value is -1.58. The summed E-state index contributed by atoms with van der Waals surface area (Å²) in [4.78, 5) is 12.0. The van der Waals surface area contributed by atoms with E-state index in [0.29, 0.717) is 11.4 Å². The Morgan fingerprint density at radius 1 is 1.09 bits per heavy atom. The van der Waals surface area contributed by atoms with Gasteiger partial charge in [-0.2, -0.15) is 0 Å². The van der Waals surface area contributed by atoms with E-state index in [-0.39, 0.29) is 11.7 Å². The minimum atomic E-state index is 0.158. The van der Waals surface area contributed by atoms with E-state index < -0.39 is 0 Å². The van der Waals surface area contributed by atoms with Gasteiger partial charge in [0.05, 0.1) is 5.02 Å². The van der Waals surface area contributed by atoms with E-state index in [0.717, 1.165) is 22.3 Å². The number of carbonyl (C=O) groups excluding carboxylic acids is 1. The van der Waals surface area contributed by atoms with Gasteiger partial charge in [-0.15, -0.1) is 0 Å². The van der Waals surface area contributed by atoms with Gasteiger partial charge < -0.3 is 5.32 Å². The summed E-state index contributed by atoms with van der Waals surface area (Å²) < 4.78 is 0.857. The fraction of sp³-hybridized carbons (Fsp3) is 0.167. The number of benzene rings is 2. The molecular formula is C18H15BrClNO. The van der Waals surface area contributed by atoms with E-state index in [1.165, 1.54) is 5.56 Å². The number of halogens is 2. The molecule has 1 unspecified atom stereocenters. The van der Waals surface area contributed by atoms with Gasteiger partial charge in [-0.05, 0) is 52.0 Å². The monoisotopic (exact) mass is 375 g/mol. The molecule has 4 heteroatoms. The molecule has 0 bridgehead atoms. The third-order valence-corrected chi connectivity index (χ3v) is 4.98. The van der Waals surface area contributed by atoms with E-state index in [1.54, 1.807) is 6.08 Å². The lowest BCUT2D eigenvalue weighted by atomic mass is 9.85. The van der Waals surface area contributed by atoms with Crippen LogP contribution in [0.25, 0.3) is 0 Å². The van der Waals surface area contributed by atoms with Crippen LogP contribution in [0.4, 0.5) is 5.69 Å². The number of carbonyl (C=O) groups is 1. The molecule has 2 aromatic rings. The molecule has 22 heavy (non-hydrogen) atoms. The number of nitrogens with one attached hydrogen (secondary N) is 1. The maximum absolute atomic E-state index is 12.0. The van der Waals surface area contributed by atoms with Crippen LogP contribution in [-0.4, -0.2) is 5.78 Å². The number of anilines is 1. The summed E-state index contributed by atoms with van der Waals surface area (Å²) in [6.45, 7) is 0. The van der Waals surface area contributed by atoms with Crippen LogP contribution in [0.3, 0.4) is 0 Å². The molecule has 1 atom stereocenters. The van der Waals surface area contributed by atoms with Gasteiger partial charge in [0, 0.05) is 28.4 Å². The van der Waals surface area contributed by atoms with Crippen LogP contribution in [0.15, 0.2) is 64.8 Å². The fourth-order valence-electron chi connectivity index (χ4n) is 2.70. The molecule has 0 aromatic heterocycles. The van der Waals surface area contributed by atoms with E-state index >= 15 is 0 Å². The summed E-state index contributed by atoms with van der Waals surface area (Å²) in [6, 6.07) is 15.9. The molecule has 0 radical (unpaired) electrons. The summed E-state index contributed by atoms with van der Waals surface area (Å²) in [6.07, 6.45) is 3.09. The Labute approximate surface area is 143 Å². The Morgan fingerprint density at radius 3 is 2.59 bits per heavy atom. The first-order valence-electron chi connectivity index (χ1n) is 7.12. The van der Waals surface area contributed by atoms with Gasteiger partial charge in [0.25, 0.3) is 0 Å². The Kier molecular flexibility index (Phi) is 4.65. The lowest BCUT2D eigenvalue weighted by Gasteiger charge is -2.23. The molecule has 0 saturated carbocycles. The van der Waals surface area contributed by atoms with Gasteiger partial charge >= 0.3 is 0 Å². The van der Waals surface area contributed by atoms with Gasteiger partial charge in [-0.1, -0.05) is 41.9 Å². The average Bonchev–Trinajstić information content (AvgIpc) is 2.51. The standard InChI is InChI=1S/C18H15BrClNO/c19-17-7-6-14(11-18(17)20)21-15-8-13(9-16(22)10-15)12-4-2-1-3-5-12/h1-7,10-11,13,21H,8-9H2. The molecule has 2 nitrogen and oxygen atoms in total. The molecule has 1 N–H and O–H groups in total. The number of allylic oxidation sites excluding steroid dienone is 2. The summed E-state index contributed by atoms with van der Waals surface area (Å²) in [7, 11) is 0. The van der Waals surface area contributed by atoms with Crippen molar-refractivity contribution in [3.8, 4) is 0 Å². The first-order valence-corrected chi connectivity index (χ1v) is 8.29. The second kappa shape index (κ2) is 6.67. The molecule has 0 spiro atoms. The number of rotatable bonds is 3. The average molecular weight is 377 g/mol. The maximum atomic E-state index is 12.0. The predicted octanol–water partition coefficient (Wildman–Crippen LogP) is 5.55. The Balaban J connectivity index is 1.78. The Bertz CT molecular complexity index is 727. The van der Waals surface area contributed by atoms with Crippen molar-refractivity contribution >= 4 is 39.0 Å². The van der Waals surface area contributed by atoms with Crippen LogP contribution in [0.5, 0.6) is 0 Å². The van der Waals surface area contributed by atoms with Gasteiger partial charge in [0.2, 0.25) is 0 Å². The van der Waals surface area contributed by atoms with Gasteiger partial charge in [0.15, 0.2) is 5.78 Å². The van der Waals surface area contributed by atoms with Crippen molar-refractivity contribution in [3.63, 3.8) is 0 Å². The van der Waals surface area contributed by atoms with Crippen LogP contribution < -0.4 is 5.32 Å². The molecule has 0 amide bonds. The quantitative estimate of drug-likeness (QED) is 0.761. The summed E-state index contributed by atoms with van der Waals surface area (Å²) in [5.74, 6) is 0.387. The van der Waals surface area contributed by atoms with Crippen molar-refractivity contribution in [2.75, 3.05) is 5.32 Å². The minimum absolute atomic E-state index is 0.158. The van der Waals surface area contributed by atoms with Crippen LogP contribution in [0.2, 0.25) is 5.02 Å². The van der Waals surface area contributed by atoms with Crippen LogP contribution in [-0.2, 0) is 4.79 Å². The molecule has 1 aliphatic rings. The van der Waals surface area contributed by atoms with Crippen LogP contribution in [0, 0.1) is 0 Å². The summed E-state index contributed by atoms with van der Waals surface area (Å²) >= 11 is 9.49. The fourth-order valence-corrected chi connectivity index (χ4v) is 3.13. The molecule has 2 aromatic carbocycles. The smallest absolute Gasteiger partial charge is 0.158 e. The second-order valence-electron chi connectivity index (χ2n) is 5.41. The molecule has 0 fully saturated rings. The van der Waals surface area contributed by atoms with Crippen LogP contribution >= 0.6 is 27.5 Å². The topological polar surface area (TPSA) is 29.1 Å². The van der Waals surface area contributed by atoms with Crippen molar-refractivity contribution in [1.29, 1.82) is 0 Å². The first kappa shape index (κ1) is 15.3. The highest BCUT2D eigenvalue weighted by Crippen LogP contribution is 2.33. The van der Waals surface area contributed by atoms with E-state index in [1.807, 2.05) is 36.4 Å². The zero-order valence-electron chi connectivity index (χ0n) is 11.9. The molecule has 0 heterocycles. The zero-order chi connectivity index (χ0) is 15.5. The van der Waals surface area contributed by atoms with Crippen molar-refractivity contribution < 1.29 is 4.79 Å². The molecule has 3 rings (SSSR count). The number of hydrogen-bond donors (Lipinski definition) is 1. The van der Waals surface area contributed by atoms with Gasteiger partial charge in [0.1, 0.15) is 0 Å². The lowest BCUT2D eigenvalue weighted by molar-refractivity contribution is -0.115. The van der Waals surface area contributed by atoms with Gasteiger partial charge in [-0.25, -0.2) is 0 Å². The second-order valence-corrected chi connectivity index (χ2v) is 6.67. The molecule has 0 saturated heterocycles. The molecule has 112 valence electrons. The third kappa shape index (κ3) is 3.60. The third-order valence-electron chi connectivity index (χ3n) is 3.74. The zero-order valence-corrected chi connectivity index (χ0v) is 14.2. The SMILES string of the molecule is O=C1C=C(Nc2ccc(Br)c(Cl)c2)CC(c2ccccc2)C1. The largest absolute Gasteiger partial charge is 0.359 e.